The van der Waals surface area contributed by atoms with Crippen molar-refractivity contribution in [1.29, 1.82) is 0 Å². The number of nitrogens with zero attached hydrogens (tertiary/aromatic N) is 1. The summed E-state index contributed by atoms with van der Waals surface area (Å²) in [6.45, 7) is 0.446. The van der Waals surface area contributed by atoms with Crippen molar-refractivity contribution in [1.82, 2.24) is 9.97 Å². The maximum absolute atomic E-state index is 14.1. The first-order valence-corrected chi connectivity index (χ1v) is 13.9. The smallest absolute Gasteiger partial charge is 0.257 e. The topological polar surface area (TPSA) is 84.1 Å². The number of carbonyl (C=O) groups is 1. The van der Waals surface area contributed by atoms with Crippen LogP contribution in [0, 0.1) is 5.82 Å². The number of Topliss-reactive ketones (excluding diaryl/α,β-unsaturated/α-hetero) is 1. The molecule has 6 nitrogen and oxygen atoms in total. The largest absolute Gasteiger partial charge is 0.489 e. The van der Waals surface area contributed by atoms with Gasteiger partial charge in [-0.25, -0.2) is 9.37 Å². The number of aromatic amines is 1. The fourth-order valence-electron chi connectivity index (χ4n) is 5.10. The normalized spacial score (nSPS) is 16.3. The zero-order valence-electron chi connectivity index (χ0n) is 21.1. The number of allylic oxidation sites excluding steroid dienone is 2. The predicted octanol–water partition coefficient (Wildman–Crippen LogP) is 6.34. The Balaban J connectivity index is 1.31. The average Bonchev–Trinajstić information content (AvgIpc) is 2.96. The van der Waals surface area contributed by atoms with E-state index in [4.69, 9.17) is 9.72 Å². The van der Waals surface area contributed by atoms with Crippen molar-refractivity contribution in [2.45, 2.75) is 42.7 Å². The van der Waals surface area contributed by atoms with Gasteiger partial charge in [-0.3, -0.25) is 9.59 Å². The number of halogens is 1. The minimum absolute atomic E-state index is 0.0428. The molecule has 4 aromatic rings. The first-order valence-electron chi connectivity index (χ1n) is 12.9. The summed E-state index contributed by atoms with van der Waals surface area (Å²) < 4.78 is 20.0. The van der Waals surface area contributed by atoms with Crippen LogP contribution >= 0.6 is 11.8 Å². The van der Waals surface area contributed by atoms with E-state index in [0.717, 1.165) is 23.2 Å². The van der Waals surface area contributed by atoms with Gasteiger partial charge in [0.1, 0.15) is 24.0 Å². The molecule has 6 rings (SSSR count). The van der Waals surface area contributed by atoms with Crippen LogP contribution in [-0.2, 0) is 17.2 Å². The number of hydrogen-bond acceptors (Lipinski definition) is 6. The Morgan fingerprint density at radius 2 is 1.72 bits per heavy atom. The summed E-state index contributed by atoms with van der Waals surface area (Å²) in [5, 5.41) is 3.68. The van der Waals surface area contributed by atoms with E-state index in [0.29, 0.717) is 58.6 Å². The van der Waals surface area contributed by atoms with Crippen molar-refractivity contribution >= 4 is 23.4 Å². The Labute approximate surface area is 229 Å². The van der Waals surface area contributed by atoms with E-state index < -0.39 is 5.92 Å². The molecule has 1 atom stereocenters. The number of carbonyl (C=O) groups excluding carboxylic acids is 1. The second-order valence-corrected chi connectivity index (χ2v) is 10.5. The summed E-state index contributed by atoms with van der Waals surface area (Å²) in [6, 6.07) is 24.0. The van der Waals surface area contributed by atoms with Crippen LogP contribution in [0.3, 0.4) is 0 Å². The summed E-state index contributed by atoms with van der Waals surface area (Å²) in [5.41, 5.74) is 3.97. The molecule has 2 heterocycles. The zero-order chi connectivity index (χ0) is 26.8. The third kappa shape index (κ3) is 5.25. The quantitative estimate of drug-likeness (QED) is 0.211. The Morgan fingerprint density at radius 1 is 0.949 bits per heavy atom. The lowest BCUT2D eigenvalue weighted by molar-refractivity contribution is -0.116. The summed E-state index contributed by atoms with van der Waals surface area (Å²) in [5.74, 6) is 0.685. The van der Waals surface area contributed by atoms with Crippen LogP contribution in [0.1, 0.15) is 47.4 Å². The number of aromatic nitrogens is 2. The molecule has 8 heteroatoms. The molecule has 0 saturated carbocycles. The van der Waals surface area contributed by atoms with Crippen LogP contribution in [0.15, 0.2) is 100 Å². The van der Waals surface area contributed by atoms with Gasteiger partial charge in [0.05, 0.1) is 5.56 Å². The number of ketones is 1. The highest BCUT2D eigenvalue weighted by atomic mass is 32.2. The summed E-state index contributed by atoms with van der Waals surface area (Å²) in [7, 11) is 0. The molecule has 0 bridgehead atoms. The number of thioether (sulfide) groups is 1. The lowest BCUT2D eigenvalue weighted by Crippen LogP contribution is -2.32. The maximum Gasteiger partial charge on any atom is 0.257 e. The van der Waals surface area contributed by atoms with Crippen molar-refractivity contribution in [3.05, 3.63) is 129 Å². The summed E-state index contributed by atoms with van der Waals surface area (Å²) >= 11 is 1.26. The van der Waals surface area contributed by atoms with Crippen molar-refractivity contribution in [2.75, 3.05) is 5.32 Å². The van der Waals surface area contributed by atoms with E-state index in [9.17, 15) is 14.0 Å². The SMILES string of the molecule is O=C1CCCC2=C1[C@@H](c1ccc(OCc3ccccc3)cc1)c1c(nc(SCc3ccccc3F)[nH]c1=O)N2. The fourth-order valence-corrected chi connectivity index (χ4v) is 5.95. The number of benzene rings is 3. The minimum Gasteiger partial charge on any atom is -0.489 e. The number of fused-ring (bicyclic) bond motifs is 1. The summed E-state index contributed by atoms with van der Waals surface area (Å²) in [6.07, 6.45) is 1.91. The third-order valence-corrected chi connectivity index (χ3v) is 7.94. The van der Waals surface area contributed by atoms with E-state index in [-0.39, 0.29) is 17.2 Å². The van der Waals surface area contributed by atoms with Gasteiger partial charge >= 0.3 is 0 Å². The van der Waals surface area contributed by atoms with Gasteiger partial charge in [0, 0.05) is 29.4 Å². The first kappa shape index (κ1) is 25.1. The van der Waals surface area contributed by atoms with E-state index in [1.54, 1.807) is 18.2 Å². The van der Waals surface area contributed by atoms with Crippen molar-refractivity contribution in [3.8, 4) is 5.75 Å². The Kier molecular flexibility index (Phi) is 7.02. The van der Waals surface area contributed by atoms with E-state index in [1.165, 1.54) is 17.8 Å². The maximum atomic E-state index is 14.1. The standard InChI is InChI=1S/C31H26FN3O3S/c32-23-10-5-4-9-21(23)18-39-31-34-29-28(30(37)35-31)26(27-24(33-29)11-6-12-25(27)36)20-13-15-22(16-14-20)38-17-19-7-2-1-3-8-19/h1-5,7-10,13-16,26H,6,11-12,17-18H2,(H2,33,34,35,37)/t26-/m1/s1. The fraction of sp³-hybridized carbons (Fsp3) is 0.194. The molecule has 0 unspecified atom stereocenters. The lowest BCUT2D eigenvalue weighted by atomic mass is 9.76. The second kappa shape index (κ2) is 10.9. The Morgan fingerprint density at radius 3 is 2.51 bits per heavy atom. The van der Waals surface area contributed by atoms with Crippen LogP contribution in [0.25, 0.3) is 0 Å². The van der Waals surface area contributed by atoms with Crippen LogP contribution in [0.4, 0.5) is 10.2 Å². The van der Waals surface area contributed by atoms with Gasteiger partial charge in [-0.2, -0.15) is 0 Å². The van der Waals surface area contributed by atoms with Crippen LogP contribution in [-0.4, -0.2) is 15.8 Å². The molecule has 39 heavy (non-hydrogen) atoms. The molecule has 3 aromatic carbocycles. The highest BCUT2D eigenvalue weighted by Gasteiger charge is 2.37. The van der Waals surface area contributed by atoms with Crippen molar-refractivity contribution in [3.63, 3.8) is 0 Å². The van der Waals surface area contributed by atoms with Gasteiger partial charge in [-0.15, -0.1) is 0 Å². The molecule has 1 aliphatic carbocycles. The number of anilines is 1. The number of H-pyrrole nitrogens is 1. The van der Waals surface area contributed by atoms with Gasteiger partial charge in [-0.05, 0) is 47.7 Å². The number of rotatable bonds is 7. The van der Waals surface area contributed by atoms with E-state index >= 15 is 0 Å². The van der Waals surface area contributed by atoms with Crippen LogP contribution in [0.2, 0.25) is 0 Å². The van der Waals surface area contributed by atoms with Crippen LogP contribution in [0.5, 0.6) is 5.75 Å². The van der Waals surface area contributed by atoms with Gasteiger partial charge < -0.3 is 15.0 Å². The molecular weight excluding hydrogens is 513 g/mol. The molecule has 0 radical (unpaired) electrons. The first-order chi connectivity index (χ1) is 19.1. The van der Waals surface area contributed by atoms with Crippen molar-refractivity contribution in [2.24, 2.45) is 0 Å². The molecule has 0 saturated heterocycles. The molecule has 1 aromatic heterocycles. The van der Waals surface area contributed by atoms with E-state index in [2.05, 4.69) is 10.3 Å². The van der Waals surface area contributed by atoms with Gasteiger partial charge in [0.25, 0.3) is 5.56 Å². The van der Waals surface area contributed by atoms with Gasteiger partial charge in [0.2, 0.25) is 0 Å². The van der Waals surface area contributed by atoms with Crippen LogP contribution < -0.4 is 15.6 Å². The van der Waals surface area contributed by atoms with Crippen molar-refractivity contribution < 1.29 is 13.9 Å². The molecule has 0 spiro atoms. The zero-order valence-corrected chi connectivity index (χ0v) is 21.9. The molecule has 2 N–H and O–H groups in total. The highest BCUT2D eigenvalue weighted by Crippen LogP contribution is 2.43. The second-order valence-electron chi connectivity index (χ2n) is 9.58. The molecule has 0 amide bonds. The minimum atomic E-state index is -0.533. The number of hydrogen-bond donors (Lipinski definition) is 2. The molecular formula is C31H26FN3O3S. The highest BCUT2D eigenvalue weighted by molar-refractivity contribution is 7.98. The molecule has 1 aliphatic heterocycles. The molecule has 0 fully saturated rings. The Bertz CT molecular complexity index is 1620. The summed E-state index contributed by atoms with van der Waals surface area (Å²) in [4.78, 5) is 34.2. The average molecular weight is 540 g/mol. The van der Waals surface area contributed by atoms with E-state index in [1.807, 2.05) is 54.6 Å². The monoisotopic (exact) mass is 539 g/mol. The number of nitrogens with one attached hydrogen (secondary N) is 2. The third-order valence-electron chi connectivity index (χ3n) is 7.02. The predicted molar refractivity (Wildman–Crippen MR) is 149 cm³/mol. The number of ether oxygens (including phenoxy) is 1. The molecule has 196 valence electrons. The Hall–Kier alpha value is -4.17. The lowest BCUT2D eigenvalue weighted by Gasteiger charge is -2.32. The van der Waals surface area contributed by atoms with Gasteiger partial charge in [0.15, 0.2) is 10.9 Å². The molecule has 2 aliphatic rings. The van der Waals surface area contributed by atoms with Gasteiger partial charge in [-0.1, -0.05) is 72.4 Å².